The molecule has 0 spiro atoms. The third-order valence-corrected chi connectivity index (χ3v) is 4.51. The van der Waals surface area contributed by atoms with Gasteiger partial charge in [-0.25, -0.2) is 0 Å². The van der Waals surface area contributed by atoms with Crippen LogP contribution in [0.15, 0.2) is 35.2 Å². The van der Waals surface area contributed by atoms with E-state index >= 15 is 0 Å². The SMILES string of the molecule is CC(=O)O[C@@H]1[C@@H](O)[C@H](C)O[C@@H](Sc2ccccc2)[C@@H]1OC(C)=O. The molecule has 1 heterocycles. The summed E-state index contributed by atoms with van der Waals surface area (Å²) in [5, 5.41) is 10.3. The summed E-state index contributed by atoms with van der Waals surface area (Å²) < 4.78 is 16.3. The highest BCUT2D eigenvalue weighted by Crippen LogP contribution is 2.35. The first-order chi connectivity index (χ1) is 10.9. The Labute approximate surface area is 139 Å². The molecule has 0 unspecified atom stereocenters. The van der Waals surface area contributed by atoms with Crippen LogP contribution < -0.4 is 0 Å². The second-order valence-electron chi connectivity index (χ2n) is 5.28. The maximum Gasteiger partial charge on any atom is 0.303 e. The van der Waals surface area contributed by atoms with E-state index in [9.17, 15) is 14.7 Å². The van der Waals surface area contributed by atoms with Gasteiger partial charge in [-0.05, 0) is 19.1 Å². The molecule has 0 saturated carbocycles. The van der Waals surface area contributed by atoms with Gasteiger partial charge in [-0.15, -0.1) is 0 Å². The van der Waals surface area contributed by atoms with Crippen molar-refractivity contribution in [3.63, 3.8) is 0 Å². The van der Waals surface area contributed by atoms with Gasteiger partial charge in [-0.1, -0.05) is 30.0 Å². The minimum Gasteiger partial charge on any atom is -0.456 e. The number of esters is 2. The highest BCUT2D eigenvalue weighted by Gasteiger charge is 2.48. The molecule has 0 aliphatic carbocycles. The predicted octanol–water partition coefficient (Wildman–Crippen LogP) is 1.75. The molecule has 0 radical (unpaired) electrons. The molecule has 1 aliphatic heterocycles. The van der Waals surface area contributed by atoms with Crippen molar-refractivity contribution in [3.05, 3.63) is 30.3 Å². The topological polar surface area (TPSA) is 82.1 Å². The average molecular weight is 340 g/mol. The Morgan fingerprint density at radius 2 is 1.65 bits per heavy atom. The van der Waals surface area contributed by atoms with Crippen LogP contribution in [-0.4, -0.2) is 46.9 Å². The minimum atomic E-state index is -1.07. The lowest BCUT2D eigenvalue weighted by molar-refractivity contribution is -0.220. The van der Waals surface area contributed by atoms with E-state index in [1.54, 1.807) is 6.92 Å². The first-order valence-electron chi connectivity index (χ1n) is 7.28. The van der Waals surface area contributed by atoms with Gasteiger partial charge >= 0.3 is 11.9 Å². The molecule has 1 saturated heterocycles. The van der Waals surface area contributed by atoms with Gasteiger partial charge in [0.25, 0.3) is 0 Å². The quantitative estimate of drug-likeness (QED) is 0.836. The molecule has 0 amide bonds. The molecular weight excluding hydrogens is 320 g/mol. The van der Waals surface area contributed by atoms with Crippen LogP contribution in [0, 0.1) is 0 Å². The fourth-order valence-electron chi connectivity index (χ4n) is 2.36. The molecule has 0 bridgehead atoms. The first-order valence-corrected chi connectivity index (χ1v) is 8.16. The van der Waals surface area contributed by atoms with E-state index in [-0.39, 0.29) is 0 Å². The largest absolute Gasteiger partial charge is 0.456 e. The van der Waals surface area contributed by atoms with Crippen molar-refractivity contribution in [1.29, 1.82) is 0 Å². The molecule has 126 valence electrons. The fraction of sp³-hybridized carbons (Fsp3) is 0.500. The van der Waals surface area contributed by atoms with E-state index in [1.165, 1.54) is 25.6 Å². The second kappa shape index (κ2) is 7.81. The van der Waals surface area contributed by atoms with Crippen LogP contribution >= 0.6 is 11.8 Å². The molecule has 0 aromatic heterocycles. The van der Waals surface area contributed by atoms with Crippen molar-refractivity contribution < 1.29 is 28.9 Å². The molecule has 7 heteroatoms. The predicted molar refractivity (Wildman–Crippen MR) is 83.7 cm³/mol. The Balaban J connectivity index is 2.25. The lowest BCUT2D eigenvalue weighted by atomic mass is 10.0. The number of rotatable bonds is 4. The average Bonchev–Trinajstić information content (AvgIpc) is 2.48. The van der Waals surface area contributed by atoms with Crippen molar-refractivity contribution in [3.8, 4) is 0 Å². The Morgan fingerprint density at radius 1 is 1.09 bits per heavy atom. The van der Waals surface area contributed by atoms with Crippen molar-refractivity contribution in [2.24, 2.45) is 0 Å². The van der Waals surface area contributed by atoms with Gasteiger partial charge in [0.1, 0.15) is 11.5 Å². The van der Waals surface area contributed by atoms with Crippen molar-refractivity contribution in [1.82, 2.24) is 0 Å². The minimum absolute atomic E-state index is 0.531. The number of benzene rings is 1. The van der Waals surface area contributed by atoms with Gasteiger partial charge in [-0.2, -0.15) is 0 Å². The standard InChI is InChI=1S/C16H20O6S/c1-9-13(19)14(21-10(2)17)15(22-11(3)18)16(20-9)23-12-7-5-4-6-8-12/h4-9,13-16,19H,1-3H3/t9-,13-,14+,15+,16-/m0/s1. The first kappa shape index (κ1) is 17.8. The van der Waals surface area contributed by atoms with Gasteiger partial charge in [-0.3, -0.25) is 9.59 Å². The van der Waals surface area contributed by atoms with Gasteiger partial charge in [0, 0.05) is 18.7 Å². The molecule has 1 aromatic carbocycles. The van der Waals surface area contributed by atoms with E-state index in [2.05, 4.69) is 0 Å². The third kappa shape index (κ3) is 4.70. The Hall–Kier alpha value is -1.57. The van der Waals surface area contributed by atoms with Crippen LogP contribution in [-0.2, 0) is 23.8 Å². The van der Waals surface area contributed by atoms with Crippen LogP contribution in [0.2, 0.25) is 0 Å². The molecular formula is C16H20O6S. The molecule has 1 aromatic rings. The number of carbonyl (C=O) groups is 2. The van der Waals surface area contributed by atoms with Crippen LogP contribution in [0.3, 0.4) is 0 Å². The van der Waals surface area contributed by atoms with E-state index < -0.39 is 41.8 Å². The summed E-state index contributed by atoms with van der Waals surface area (Å²) in [6, 6.07) is 9.45. The number of ether oxygens (including phenoxy) is 3. The number of aliphatic hydroxyl groups is 1. The molecule has 1 N–H and O–H groups in total. The normalized spacial score (nSPS) is 30.5. The monoisotopic (exact) mass is 340 g/mol. The van der Waals surface area contributed by atoms with E-state index in [4.69, 9.17) is 14.2 Å². The maximum absolute atomic E-state index is 11.4. The molecule has 23 heavy (non-hydrogen) atoms. The number of hydrogen-bond acceptors (Lipinski definition) is 7. The molecule has 2 rings (SSSR count). The Kier molecular flexibility index (Phi) is 6.04. The van der Waals surface area contributed by atoms with Gasteiger partial charge in [0.15, 0.2) is 12.2 Å². The summed E-state index contributed by atoms with van der Waals surface area (Å²) in [6.45, 7) is 4.19. The summed E-state index contributed by atoms with van der Waals surface area (Å²) in [5.41, 5.74) is -0.593. The Morgan fingerprint density at radius 3 is 2.22 bits per heavy atom. The van der Waals surface area contributed by atoms with Gasteiger partial charge < -0.3 is 19.3 Å². The zero-order valence-electron chi connectivity index (χ0n) is 13.2. The zero-order valence-corrected chi connectivity index (χ0v) is 14.0. The molecule has 1 fully saturated rings. The summed E-state index contributed by atoms with van der Waals surface area (Å²) in [5.74, 6) is -1.08. The molecule has 1 aliphatic rings. The van der Waals surface area contributed by atoms with E-state index in [0.29, 0.717) is 0 Å². The number of thioether (sulfide) groups is 1. The lowest BCUT2D eigenvalue weighted by Gasteiger charge is -2.42. The maximum atomic E-state index is 11.4. The van der Waals surface area contributed by atoms with Crippen LogP contribution in [0.1, 0.15) is 20.8 Å². The van der Waals surface area contributed by atoms with Crippen LogP contribution in [0.5, 0.6) is 0 Å². The van der Waals surface area contributed by atoms with Crippen LogP contribution in [0.25, 0.3) is 0 Å². The molecule has 6 nitrogen and oxygen atoms in total. The molecule has 5 atom stereocenters. The Bertz CT molecular complexity index is 549. The summed E-state index contributed by atoms with van der Waals surface area (Å²) in [4.78, 5) is 23.7. The van der Waals surface area contributed by atoms with E-state index in [1.807, 2.05) is 30.3 Å². The zero-order chi connectivity index (χ0) is 17.0. The highest BCUT2D eigenvalue weighted by molar-refractivity contribution is 7.99. The van der Waals surface area contributed by atoms with E-state index in [0.717, 1.165) is 4.90 Å². The van der Waals surface area contributed by atoms with Crippen molar-refractivity contribution >= 4 is 23.7 Å². The lowest BCUT2D eigenvalue weighted by Crippen LogP contribution is -2.58. The fourth-order valence-corrected chi connectivity index (χ4v) is 3.51. The second-order valence-corrected chi connectivity index (χ2v) is 6.45. The van der Waals surface area contributed by atoms with Crippen LogP contribution in [0.4, 0.5) is 0 Å². The number of aliphatic hydroxyl groups excluding tert-OH is 1. The highest BCUT2D eigenvalue weighted by atomic mass is 32.2. The van der Waals surface area contributed by atoms with Crippen molar-refractivity contribution in [2.75, 3.05) is 0 Å². The number of carbonyl (C=O) groups excluding carboxylic acids is 2. The smallest absolute Gasteiger partial charge is 0.303 e. The van der Waals surface area contributed by atoms with Gasteiger partial charge in [0.2, 0.25) is 0 Å². The third-order valence-electron chi connectivity index (χ3n) is 3.36. The van der Waals surface area contributed by atoms with Gasteiger partial charge in [0.05, 0.1) is 6.10 Å². The summed E-state index contributed by atoms with van der Waals surface area (Å²) in [7, 11) is 0. The van der Waals surface area contributed by atoms with Crippen molar-refractivity contribution in [2.45, 2.75) is 55.5 Å². The summed E-state index contributed by atoms with van der Waals surface area (Å²) in [6.07, 6.45) is -3.50. The number of hydrogen-bond donors (Lipinski definition) is 1. The summed E-state index contributed by atoms with van der Waals surface area (Å²) >= 11 is 1.35.